The summed E-state index contributed by atoms with van der Waals surface area (Å²) in [7, 11) is 0. The smallest absolute Gasteiger partial charge is 0.407 e. The van der Waals surface area contributed by atoms with Gasteiger partial charge >= 0.3 is 18.0 Å². The number of hydrogen-bond acceptors (Lipinski definition) is 5. The Labute approximate surface area is 192 Å². The zero-order valence-electron chi connectivity index (χ0n) is 17.7. The van der Waals surface area contributed by atoms with E-state index in [0.717, 1.165) is 39.3 Å². The summed E-state index contributed by atoms with van der Waals surface area (Å²) in [5, 5.41) is 16.2. The van der Waals surface area contributed by atoms with Crippen molar-refractivity contribution in [1.82, 2.24) is 15.1 Å². The largest absolute Gasteiger partial charge is 0.480 e. The standard InChI is InChI=1S/C23H20F2N4O5/c24-23(25,21(32)28-14-9-27-29(10-14)11-20(30)31)13-26-22(33)34-12-19-17-7-3-1-5-15(17)16-6-2-4-8-18(16)19/h1-10,19H,11-13H2,(H,26,33)(H,28,32)(H,30,31). The first kappa shape index (κ1) is 22.9. The highest BCUT2D eigenvalue weighted by atomic mass is 19.3. The van der Waals surface area contributed by atoms with Crippen molar-refractivity contribution in [2.75, 3.05) is 18.5 Å². The van der Waals surface area contributed by atoms with Gasteiger partial charge in [0.15, 0.2) is 0 Å². The molecule has 0 saturated heterocycles. The van der Waals surface area contributed by atoms with Crippen LogP contribution in [-0.2, 0) is 20.9 Å². The van der Waals surface area contributed by atoms with Gasteiger partial charge in [-0.2, -0.15) is 13.9 Å². The molecule has 1 aromatic heterocycles. The first-order valence-electron chi connectivity index (χ1n) is 10.3. The average molecular weight is 470 g/mol. The number of nitrogens with zero attached hydrogens (tertiary/aromatic N) is 2. The Morgan fingerprint density at radius 1 is 1.06 bits per heavy atom. The van der Waals surface area contributed by atoms with Crippen molar-refractivity contribution in [1.29, 1.82) is 0 Å². The Kier molecular flexibility index (Phi) is 6.26. The number of alkyl carbamates (subject to hydrolysis) is 1. The van der Waals surface area contributed by atoms with Gasteiger partial charge in [0, 0.05) is 12.1 Å². The highest BCUT2D eigenvalue weighted by Gasteiger charge is 2.39. The van der Waals surface area contributed by atoms with Crippen molar-refractivity contribution < 1.29 is 33.0 Å². The number of carboxylic acids is 1. The molecule has 1 aliphatic carbocycles. The summed E-state index contributed by atoms with van der Waals surface area (Å²) in [5.74, 6) is -7.04. The Hall–Kier alpha value is -4.28. The van der Waals surface area contributed by atoms with Gasteiger partial charge in [-0.3, -0.25) is 14.3 Å². The van der Waals surface area contributed by atoms with Gasteiger partial charge in [-0.15, -0.1) is 0 Å². The lowest BCUT2D eigenvalue weighted by molar-refractivity contribution is -0.139. The highest BCUT2D eigenvalue weighted by Crippen LogP contribution is 2.44. The van der Waals surface area contributed by atoms with Crippen LogP contribution in [0.3, 0.4) is 0 Å². The van der Waals surface area contributed by atoms with Gasteiger partial charge in [0.25, 0.3) is 5.91 Å². The second-order valence-corrected chi connectivity index (χ2v) is 7.66. The van der Waals surface area contributed by atoms with Crippen LogP contribution in [0.15, 0.2) is 60.9 Å². The number of rotatable bonds is 8. The minimum absolute atomic E-state index is 0.0552. The van der Waals surface area contributed by atoms with Crippen LogP contribution in [0.5, 0.6) is 0 Å². The lowest BCUT2D eigenvalue weighted by atomic mass is 9.98. The van der Waals surface area contributed by atoms with Gasteiger partial charge in [0.05, 0.1) is 18.4 Å². The van der Waals surface area contributed by atoms with E-state index in [1.54, 1.807) is 0 Å². The van der Waals surface area contributed by atoms with Crippen LogP contribution >= 0.6 is 0 Å². The molecule has 2 amide bonds. The average Bonchev–Trinajstić information content (AvgIpc) is 3.37. The van der Waals surface area contributed by atoms with Gasteiger partial charge in [-0.1, -0.05) is 48.5 Å². The monoisotopic (exact) mass is 470 g/mol. The topological polar surface area (TPSA) is 123 Å². The molecule has 0 aliphatic heterocycles. The Morgan fingerprint density at radius 3 is 2.29 bits per heavy atom. The predicted molar refractivity (Wildman–Crippen MR) is 117 cm³/mol. The number of fused-ring (bicyclic) bond motifs is 3. The van der Waals surface area contributed by atoms with E-state index in [2.05, 4.69) is 5.10 Å². The molecular formula is C23H20F2N4O5. The van der Waals surface area contributed by atoms with E-state index < -0.39 is 37.0 Å². The van der Waals surface area contributed by atoms with Crippen molar-refractivity contribution >= 4 is 23.7 Å². The molecule has 0 atom stereocenters. The molecule has 1 heterocycles. The fourth-order valence-corrected chi connectivity index (χ4v) is 3.79. The maximum absolute atomic E-state index is 14.2. The fourth-order valence-electron chi connectivity index (χ4n) is 3.79. The van der Waals surface area contributed by atoms with Gasteiger partial charge in [-0.05, 0) is 22.3 Å². The third kappa shape index (κ3) is 4.87. The fraction of sp³-hybridized carbons (Fsp3) is 0.217. The summed E-state index contributed by atoms with van der Waals surface area (Å²) in [6.45, 7) is -1.82. The molecule has 9 nitrogen and oxygen atoms in total. The zero-order valence-corrected chi connectivity index (χ0v) is 17.7. The molecule has 2 aromatic carbocycles. The van der Waals surface area contributed by atoms with Crippen LogP contribution in [0.2, 0.25) is 0 Å². The van der Waals surface area contributed by atoms with Crippen molar-refractivity contribution in [2.24, 2.45) is 0 Å². The second kappa shape index (κ2) is 9.30. The van der Waals surface area contributed by atoms with Crippen LogP contribution in [0.4, 0.5) is 19.3 Å². The number of aliphatic carboxylic acids is 1. The summed E-state index contributed by atoms with van der Waals surface area (Å²) in [6, 6.07) is 15.4. The van der Waals surface area contributed by atoms with Crippen LogP contribution < -0.4 is 10.6 Å². The lowest BCUT2D eigenvalue weighted by Gasteiger charge is -2.17. The summed E-state index contributed by atoms with van der Waals surface area (Å²) < 4.78 is 34.6. The van der Waals surface area contributed by atoms with Crippen LogP contribution in [0, 0.1) is 0 Å². The highest BCUT2D eigenvalue weighted by molar-refractivity contribution is 5.96. The van der Waals surface area contributed by atoms with Gasteiger partial charge in [-0.25, -0.2) is 4.79 Å². The molecule has 176 valence electrons. The Morgan fingerprint density at radius 2 is 1.68 bits per heavy atom. The number of benzene rings is 2. The number of aromatic nitrogens is 2. The predicted octanol–water partition coefficient (Wildman–Crippen LogP) is 3.08. The second-order valence-electron chi connectivity index (χ2n) is 7.66. The Bertz CT molecular complexity index is 1200. The summed E-state index contributed by atoms with van der Waals surface area (Å²) in [6.07, 6.45) is 1.06. The number of halogens is 2. The van der Waals surface area contributed by atoms with Crippen molar-refractivity contribution in [3.63, 3.8) is 0 Å². The third-order valence-electron chi connectivity index (χ3n) is 5.32. The normalized spacial score (nSPS) is 12.5. The van der Waals surface area contributed by atoms with E-state index in [-0.39, 0.29) is 18.2 Å². The molecule has 0 radical (unpaired) electrons. The van der Waals surface area contributed by atoms with E-state index in [1.807, 2.05) is 59.2 Å². The number of carbonyl (C=O) groups is 3. The van der Waals surface area contributed by atoms with E-state index in [9.17, 15) is 23.2 Å². The molecule has 0 saturated carbocycles. The number of amides is 2. The first-order valence-corrected chi connectivity index (χ1v) is 10.3. The van der Waals surface area contributed by atoms with Gasteiger partial charge in [0.2, 0.25) is 0 Å². The molecule has 0 bridgehead atoms. The first-order chi connectivity index (χ1) is 16.2. The molecule has 4 rings (SSSR count). The quantitative estimate of drug-likeness (QED) is 0.465. The molecule has 1 aliphatic rings. The van der Waals surface area contributed by atoms with Crippen LogP contribution in [-0.4, -0.2) is 51.9 Å². The number of alkyl halides is 2. The van der Waals surface area contributed by atoms with Crippen molar-refractivity contribution in [2.45, 2.75) is 18.4 Å². The number of hydrogen-bond donors (Lipinski definition) is 3. The third-order valence-corrected chi connectivity index (χ3v) is 5.32. The lowest BCUT2D eigenvalue weighted by Crippen LogP contribution is -2.45. The maximum atomic E-state index is 14.2. The minimum Gasteiger partial charge on any atom is -0.480 e. The zero-order chi connectivity index (χ0) is 24.3. The molecule has 3 N–H and O–H groups in total. The number of carbonyl (C=O) groups excluding carboxylic acids is 2. The van der Waals surface area contributed by atoms with Crippen LogP contribution in [0.1, 0.15) is 17.0 Å². The van der Waals surface area contributed by atoms with E-state index in [4.69, 9.17) is 9.84 Å². The minimum atomic E-state index is -3.94. The number of anilines is 1. The van der Waals surface area contributed by atoms with E-state index in [1.165, 1.54) is 0 Å². The van der Waals surface area contributed by atoms with E-state index >= 15 is 0 Å². The van der Waals surface area contributed by atoms with Gasteiger partial charge in [0.1, 0.15) is 13.2 Å². The van der Waals surface area contributed by atoms with Crippen molar-refractivity contribution in [3.8, 4) is 11.1 Å². The molecule has 34 heavy (non-hydrogen) atoms. The van der Waals surface area contributed by atoms with Gasteiger partial charge < -0.3 is 20.5 Å². The number of ether oxygens (including phenoxy) is 1. The Balaban J connectivity index is 1.31. The molecular weight excluding hydrogens is 450 g/mol. The molecule has 0 spiro atoms. The molecule has 0 fully saturated rings. The molecule has 11 heteroatoms. The van der Waals surface area contributed by atoms with Crippen molar-refractivity contribution in [3.05, 3.63) is 72.1 Å². The summed E-state index contributed by atoms with van der Waals surface area (Å²) in [5.41, 5.74) is 3.91. The summed E-state index contributed by atoms with van der Waals surface area (Å²) >= 11 is 0. The number of nitrogens with one attached hydrogen (secondary N) is 2. The SMILES string of the molecule is O=C(O)Cn1cc(NC(=O)C(F)(F)CNC(=O)OCC2c3ccccc3-c3ccccc32)cn1. The molecule has 0 unspecified atom stereocenters. The van der Waals surface area contributed by atoms with E-state index in [0.29, 0.717) is 0 Å². The summed E-state index contributed by atoms with van der Waals surface area (Å²) in [4.78, 5) is 34.7. The van der Waals surface area contributed by atoms with Crippen LogP contribution in [0.25, 0.3) is 11.1 Å². The number of carboxylic acid groups (broad SMARTS) is 1. The molecule has 3 aromatic rings. The maximum Gasteiger partial charge on any atom is 0.407 e.